The van der Waals surface area contributed by atoms with Gasteiger partial charge in [0.15, 0.2) is 9.84 Å². The summed E-state index contributed by atoms with van der Waals surface area (Å²) in [5.41, 5.74) is 0.739. The number of amides is 1. The van der Waals surface area contributed by atoms with Gasteiger partial charge in [-0.2, -0.15) is 5.10 Å². The molecule has 0 bridgehead atoms. The number of aromatic nitrogens is 3. The lowest BCUT2D eigenvalue weighted by atomic mass is 10.1. The molecule has 9 heteroatoms. The summed E-state index contributed by atoms with van der Waals surface area (Å²) >= 11 is 1.37. The lowest BCUT2D eigenvalue weighted by Crippen LogP contribution is -2.45. The maximum absolute atomic E-state index is 12.9. The van der Waals surface area contributed by atoms with E-state index in [0.29, 0.717) is 4.88 Å². The molecule has 1 amide bonds. The molecule has 2 aromatic rings. The highest BCUT2D eigenvalue weighted by atomic mass is 32.2. The zero-order valence-corrected chi connectivity index (χ0v) is 15.5. The highest BCUT2D eigenvalue weighted by Crippen LogP contribution is 2.30. The number of nitrogens with zero attached hydrogens (tertiary/aromatic N) is 4. The van der Waals surface area contributed by atoms with Crippen molar-refractivity contribution < 1.29 is 13.2 Å². The van der Waals surface area contributed by atoms with Crippen LogP contribution < -0.4 is 0 Å². The Hall–Kier alpha value is -1.74. The van der Waals surface area contributed by atoms with Gasteiger partial charge >= 0.3 is 0 Å². The molecule has 0 N–H and O–H groups in total. The number of rotatable bonds is 3. The van der Waals surface area contributed by atoms with Crippen molar-refractivity contribution in [2.24, 2.45) is 7.05 Å². The van der Waals surface area contributed by atoms with Crippen LogP contribution in [0.15, 0.2) is 18.6 Å². The fourth-order valence-electron chi connectivity index (χ4n) is 2.73. The van der Waals surface area contributed by atoms with Gasteiger partial charge in [0, 0.05) is 31.3 Å². The van der Waals surface area contributed by atoms with Crippen LogP contribution in [0.25, 0.3) is 0 Å². The van der Waals surface area contributed by atoms with Crippen molar-refractivity contribution in [3.63, 3.8) is 0 Å². The van der Waals surface area contributed by atoms with Gasteiger partial charge in [0.05, 0.1) is 34.9 Å². The molecule has 1 fully saturated rings. The predicted octanol–water partition coefficient (Wildman–Crippen LogP) is 1.61. The number of aryl methyl sites for hydroxylation is 1. The molecule has 24 heavy (non-hydrogen) atoms. The summed E-state index contributed by atoms with van der Waals surface area (Å²) in [7, 11) is -1.40. The van der Waals surface area contributed by atoms with Crippen LogP contribution in [-0.4, -0.2) is 52.0 Å². The number of carbonyl (C=O) groups excluding carboxylic acids is 1. The van der Waals surface area contributed by atoms with Crippen molar-refractivity contribution in [3.8, 4) is 0 Å². The second-order valence-corrected chi connectivity index (χ2v) is 9.58. The highest BCUT2D eigenvalue weighted by Gasteiger charge is 2.36. The topological polar surface area (TPSA) is 85.2 Å². The standard InChI is InChI=1S/C15H20N4O3S2/c1-10(2)14-16-7-13(23-14)15(20)19-4-5-24(21,22)9-12(19)11-6-17-18(3)8-11/h6-8,10,12H,4-5,9H2,1-3H3/t12-/m0/s1. The van der Waals surface area contributed by atoms with Crippen molar-refractivity contribution in [2.45, 2.75) is 25.8 Å². The van der Waals surface area contributed by atoms with Gasteiger partial charge in [0.2, 0.25) is 0 Å². The Morgan fingerprint density at radius 1 is 1.38 bits per heavy atom. The Labute approximate surface area is 145 Å². The van der Waals surface area contributed by atoms with Gasteiger partial charge in [-0.1, -0.05) is 13.8 Å². The van der Waals surface area contributed by atoms with E-state index in [9.17, 15) is 13.2 Å². The van der Waals surface area contributed by atoms with E-state index in [0.717, 1.165) is 10.6 Å². The smallest absolute Gasteiger partial charge is 0.266 e. The normalized spacial score (nSPS) is 20.5. The first-order valence-electron chi connectivity index (χ1n) is 7.72. The summed E-state index contributed by atoms with van der Waals surface area (Å²) in [5, 5.41) is 5.01. The number of hydrogen-bond acceptors (Lipinski definition) is 6. The molecule has 7 nitrogen and oxygen atoms in total. The third kappa shape index (κ3) is 3.36. The van der Waals surface area contributed by atoms with Crippen molar-refractivity contribution in [1.82, 2.24) is 19.7 Å². The van der Waals surface area contributed by atoms with Crippen molar-refractivity contribution in [3.05, 3.63) is 34.0 Å². The summed E-state index contributed by atoms with van der Waals surface area (Å²) in [6.07, 6.45) is 4.97. The van der Waals surface area contributed by atoms with E-state index in [1.54, 1.807) is 35.2 Å². The second-order valence-electron chi connectivity index (χ2n) is 6.29. The summed E-state index contributed by atoms with van der Waals surface area (Å²) in [6.45, 7) is 4.24. The van der Waals surface area contributed by atoms with Crippen LogP contribution in [0.5, 0.6) is 0 Å². The molecule has 0 aliphatic carbocycles. The lowest BCUT2D eigenvalue weighted by molar-refractivity contribution is 0.0702. The molecule has 3 heterocycles. The SMILES string of the molecule is CC(C)c1ncc(C(=O)N2CCS(=O)(=O)C[C@H]2c2cnn(C)c2)s1. The summed E-state index contributed by atoms with van der Waals surface area (Å²) < 4.78 is 25.7. The van der Waals surface area contributed by atoms with Gasteiger partial charge in [0.25, 0.3) is 5.91 Å². The Morgan fingerprint density at radius 3 is 2.71 bits per heavy atom. The van der Waals surface area contributed by atoms with Gasteiger partial charge in [-0.3, -0.25) is 9.48 Å². The average Bonchev–Trinajstić information content (AvgIpc) is 3.14. The van der Waals surface area contributed by atoms with Crippen LogP contribution in [0, 0.1) is 0 Å². The fourth-order valence-corrected chi connectivity index (χ4v) is 5.10. The molecular formula is C15H20N4O3S2. The minimum absolute atomic E-state index is 0.00859. The lowest BCUT2D eigenvalue weighted by Gasteiger charge is -2.34. The first-order chi connectivity index (χ1) is 11.3. The molecule has 0 spiro atoms. The quantitative estimate of drug-likeness (QED) is 0.822. The molecule has 2 aromatic heterocycles. The summed E-state index contributed by atoms with van der Waals surface area (Å²) in [5.74, 6) is 0.0153. The second kappa shape index (κ2) is 6.29. The van der Waals surface area contributed by atoms with Crippen LogP contribution in [0.2, 0.25) is 0 Å². The average molecular weight is 368 g/mol. The number of sulfone groups is 1. The maximum atomic E-state index is 12.9. The Morgan fingerprint density at radius 2 is 2.12 bits per heavy atom. The molecule has 3 rings (SSSR count). The Balaban J connectivity index is 1.92. The van der Waals surface area contributed by atoms with Crippen molar-refractivity contribution in [1.29, 1.82) is 0 Å². The molecule has 0 aromatic carbocycles. The largest absolute Gasteiger partial charge is 0.329 e. The monoisotopic (exact) mass is 368 g/mol. The number of hydrogen-bond donors (Lipinski definition) is 0. The van der Waals surface area contributed by atoms with E-state index < -0.39 is 15.9 Å². The first-order valence-corrected chi connectivity index (χ1v) is 10.4. The zero-order valence-electron chi connectivity index (χ0n) is 13.8. The molecule has 1 aliphatic heterocycles. The van der Waals surface area contributed by atoms with E-state index in [1.165, 1.54) is 11.3 Å². The van der Waals surface area contributed by atoms with E-state index in [1.807, 2.05) is 13.8 Å². The van der Waals surface area contributed by atoms with Crippen molar-refractivity contribution >= 4 is 27.1 Å². The van der Waals surface area contributed by atoms with Crippen LogP contribution >= 0.6 is 11.3 Å². The van der Waals surface area contributed by atoms with E-state index >= 15 is 0 Å². The molecule has 1 saturated heterocycles. The van der Waals surface area contributed by atoms with E-state index in [2.05, 4.69) is 10.1 Å². The van der Waals surface area contributed by atoms with Gasteiger partial charge < -0.3 is 4.90 Å². The molecular weight excluding hydrogens is 348 g/mol. The third-order valence-electron chi connectivity index (χ3n) is 4.03. The van der Waals surface area contributed by atoms with Gasteiger partial charge in [-0.05, 0) is 0 Å². The van der Waals surface area contributed by atoms with Crippen molar-refractivity contribution in [2.75, 3.05) is 18.1 Å². The third-order valence-corrected chi connectivity index (χ3v) is 6.94. The fraction of sp³-hybridized carbons (Fsp3) is 0.533. The Bertz CT molecular complexity index is 854. The molecule has 1 atom stereocenters. The maximum Gasteiger partial charge on any atom is 0.266 e. The minimum atomic E-state index is -3.17. The van der Waals surface area contributed by atoms with Gasteiger partial charge in [0.1, 0.15) is 4.88 Å². The predicted molar refractivity (Wildman–Crippen MR) is 91.8 cm³/mol. The minimum Gasteiger partial charge on any atom is -0.329 e. The summed E-state index contributed by atoms with van der Waals surface area (Å²) in [6, 6.07) is -0.505. The van der Waals surface area contributed by atoms with Crippen LogP contribution in [0.3, 0.4) is 0 Å². The van der Waals surface area contributed by atoms with Crippen LogP contribution in [0.1, 0.15) is 46.0 Å². The highest BCUT2D eigenvalue weighted by molar-refractivity contribution is 7.91. The zero-order chi connectivity index (χ0) is 17.5. The molecule has 130 valence electrons. The molecule has 0 unspecified atom stereocenters. The van der Waals surface area contributed by atoms with Gasteiger partial charge in [-0.15, -0.1) is 11.3 Å². The first kappa shape index (κ1) is 17.1. The number of carbonyl (C=O) groups is 1. The molecule has 0 radical (unpaired) electrons. The molecule has 1 aliphatic rings. The van der Waals surface area contributed by atoms with Crippen LogP contribution in [-0.2, 0) is 16.9 Å². The van der Waals surface area contributed by atoms with E-state index in [4.69, 9.17) is 0 Å². The Kier molecular flexibility index (Phi) is 4.48. The summed E-state index contributed by atoms with van der Waals surface area (Å²) in [4.78, 5) is 19.4. The molecule has 0 saturated carbocycles. The van der Waals surface area contributed by atoms with E-state index in [-0.39, 0.29) is 29.9 Å². The van der Waals surface area contributed by atoms with Crippen LogP contribution in [0.4, 0.5) is 0 Å². The van der Waals surface area contributed by atoms with Gasteiger partial charge in [-0.25, -0.2) is 13.4 Å². The number of thiazole rings is 1.